The van der Waals surface area contributed by atoms with Gasteiger partial charge >= 0.3 is 0 Å². The van der Waals surface area contributed by atoms with E-state index in [1.807, 2.05) is 50.2 Å². The van der Waals surface area contributed by atoms with E-state index in [0.717, 1.165) is 21.3 Å². The third-order valence-corrected chi connectivity index (χ3v) is 6.37. The highest BCUT2D eigenvalue weighted by Gasteiger charge is 2.16. The zero-order chi connectivity index (χ0) is 27.9. The molecule has 0 saturated heterocycles. The molecule has 0 fully saturated rings. The van der Waals surface area contributed by atoms with Gasteiger partial charge in [0.2, 0.25) is 0 Å². The first-order chi connectivity index (χ1) is 18.8. The number of aryl methyl sites for hydroxylation is 2. The third-order valence-electron chi connectivity index (χ3n) is 5.88. The van der Waals surface area contributed by atoms with Crippen LogP contribution in [-0.4, -0.2) is 35.0 Å². The minimum atomic E-state index is -0.285. The molecule has 1 heterocycles. The second-order valence-electron chi connectivity index (χ2n) is 8.77. The van der Waals surface area contributed by atoms with Crippen LogP contribution in [0.2, 0.25) is 0 Å². The van der Waals surface area contributed by atoms with Gasteiger partial charge in [-0.15, -0.1) is 6.58 Å². The van der Waals surface area contributed by atoms with Crippen molar-refractivity contribution in [2.45, 2.75) is 27.2 Å². The number of carbonyl (C=O) groups is 1. The highest BCUT2D eigenvalue weighted by atomic mass is 79.9. The van der Waals surface area contributed by atoms with Gasteiger partial charge in [0.15, 0.2) is 18.1 Å². The van der Waals surface area contributed by atoms with Crippen molar-refractivity contribution in [3.8, 4) is 11.5 Å². The Bertz CT molecular complexity index is 1630. The number of rotatable bonds is 10. The Kier molecular flexibility index (Phi) is 8.93. The van der Waals surface area contributed by atoms with Gasteiger partial charge in [-0.05, 0) is 74.7 Å². The van der Waals surface area contributed by atoms with Crippen LogP contribution < -0.4 is 20.3 Å². The van der Waals surface area contributed by atoms with Crippen molar-refractivity contribution in [1.82, 2.24) is 9.66 Å². The maximum atomic E-state index is 13.1. The predicted molar refractivity (Wildman–Crippen MR) is 158 cm³/mol. The van der Waals surface area contributed by atoms with Crippen LogP contribution in [0.3, 0.4) is 0 Å². The number of allylic oxidation sites excluding steroid dienone is 1. The first-order valence-corrected chi connectivity index (χ1v) is 13.2. The van der Waals surface area contributed by atoms with Crippen LogP contribution in [0.4, 0.5) is 5.69 Å². The maximum Gasteiger partial charge on any atom is 0.282 e. The van der Waals surface area contributed by atoms with E-state index in [4.69, 9.17) is 9.47 Å². The molecule has 4 rings (SSSR count). The van der Waals surface area contributed by atoms with Gasteiger partial charge in [0.25, 0.3) is 11.5 Å². The number of anilines is 1. The van der Waals surface area contributed by atoms with E-state index in [1.165, 1.54) is 4.68 Å². The Morgan fingerprint density at radius 3 is 2.69 bits per heavy atom. The Morgan fingerprint density at radius 2 is 1.95 bits per heavy atom. The summed E-state index contributed by atoms with van der Waals surface area (Å²) in [5.41, 5.74) is 3.48. The van der Waals surface area contributed by atoms with Crippen LogP contribution in [0.25, 0.3) is 10.9 Å². The summed E-state index contributed by atoms with van der Waals surface area (Å²) in [6.07, 6.45) is 3.79. The number of amides is 1. The van der Waals surface area contributed by atoms with Crippen LogP contribution in [0, 0.1) is 13.8 Å². The first kappa shape index (κ1) is 27.8. The van der Waals surface area contributed by atoms with E-state index in [-0.39, 0.29) is 18.1 Å². The van der Waals surface area contributed by atoms with Crippen molar-refractivity contribution in [2.24, 2.45) is 5.10 Å². The summed E-state index contributed by atoms with van der Waals surface area (Å²) in [5.74, 6) is 1.10. The van der Waals surface area contributed by atoms with Gasteiger partial charge in [0.05, 0.1) is 23.7 Å². The second kappa shape index (κ2) is 12.5. The molecule has 0 aliphatic rings. The zero-order valence-electron chi connectivity index (χ0n) is 22.0. The molecule has 0 bridgehead atoms. The molecule has 1 N–H and O–H groups in total. The van der Waals surface area contributed by atoms with Crippen LogP contribution in [0.1, 0.15) is 29.4 Å². The molecule has 0 atom stereocenters. The zero-order valence-corrected chi connectivity index (χ0v) is 23.6. The molecule has 39 heavy (non-hydrogen) atoms. The minimum Gasteiger partial charge on any atom is -0.490 e. The van der Waals surface area contributed by atoms with Gasteiger partial charge < -0.3 is 14.8 Å². The quantitative estimate of drug-likeness (QED) is 0.186. The van der Waals surface area contributed by atoms with E-state index in [1.54, 1.807) is 37.4 Å². The number of nitrogens with one attached hydrogen (secondary N) is 1. The number of aromatic nitrogens is 2. The highest BCUT2D eigenvalue weighted by Crippen LogP contribution is 2.34. The summed E-state index contributed by atoms with van der Waals surface area (Å²) in [5, 5.41) is 7.76. The fourth-order valence-corrected chi connectivity index (χ4v) is 4.41. The second-order valence-corrected chi connectivity index (χ2v) is 9.68. The number of para-hydroxylation sites is 1. The smallest absolute Gasteiger partial charge is 0.282 e. The van der Waals surface area contributed by atoms with Crippen LogP contribution in [-0.2, 0) is 11.2 Å². The number of nitrogens with zero attached hydrogens (tertiary/aromatic N) is 3. The van der Waals surface area contributed by atoms with Crippen LogP contribution in [0.5, 0.6) is 11.5 Å². The van der Waals surface area contributed by atoms with Crippen molar-refractivity contribution in [1.29, 1.82) is 0 Å². The molecular formula is C30H29BrN4O4. The predicted octanol–water partition coefficient (Wildman–Crippen LogP) is 5.80. The normalized spacial score (nSPS) is 11.1. The molecule has 0 saturated carbocycles. The summed E-state index contributed by atoms with van der Waals surface area (Å²) in [6, 6.07) is 16.5. The SMILES string of the molecule is C=CCc1cc(C=Nn2c(C)nc3ccc(Br)cc3c2=O)cc(OCC)c1OCC(=O)Nc1ccccc1C. The van der Waals surface area contributed by atoms with Gasteiger partial charge in [0, 0.05) is 15.7 Å². The molecule has 0 spiro atoms. The van der Waals surface area contributed by atoms with E-state index in [9.17, 15) is 9.59 Å². The number of benzene rings is 3. The number of hydrogen-bond donors (Lipinski definition) is 1. The van der Waals surface area contributed by atoms with Crippen LogP contribution in [0.15, 0.2) is 81.6 Å². The molecular weight excluding hydrogens is 560 g/mol. The molecule has 1 aromatic heterocycles. The van der Waals surface area contributed by atoms with E-state index in [2.05, 4.69) is 37.9 Å². The molecule has 1 amide bonds. The lowest BCUT2D eigenvalue weighted by atomic mass is 10.1. The Morgan fingerprint density at radius 1 is 1.15 bits per heavy atom. The van der Waals surface area contributed by atoms with Crippen molar-refractivity contribution < 1.29 is 14.3 Å². The van der Waals surface area contributed by atoms with Crippen molar-refractivity contribution in [3.05, 3.63) is 105 Å². The molecule has 0 unspecified atom stereocenters. The lowest BCUT2D eigenvalue weighted by molar-refractivity contribution is -0.118. The summed E-state index contributed by atoms with van der Waals surface area (Å²) < 4.78 is 13.9. The van der Waals surface area contributed by atoms with Crippen LogP contribution >= 0.6 is 15.9 Å². The Hall–Kier alpha value is -4.24. The first-order valence-electron chi connectivity index (χ1n) is 12.4. The fourth-order valence-electron chi connectivity index (χ4n) is 4.05. The van der Waals surface area contributed by atoms with Gasteiger partial charge in [0.1, 0.15) is 5.82 Å². The number of carbonyl (C=O) groups excluding carboxylic acids is 1. The van der Waals surface area contributed by atoms with Gasteiger partial charge in [-0.2, -0.15) is 9.78 Å². The maximum absolute atomic E-state index is 13.1. The molecule has 0 radical (unpaired) electrons. The molecule has 4 aromatic rings. The molecule has 3 aromatic carbocycles. The summed E-state index contributed by atoms with van der Waals surface area (Å²) in [7, 11) is 0. The average Bonchev–Trinajstić information content (AvgIpc) is 2.90. The molecule has 200 valence electrons. The largest absolute Gasteiger partial charge is 0.490 e. The van der Waals surface area contributed by atoms with Crippen molar-refractivity contribution in [2.75, 3.05) is 18.5 Å². The van der Waals surface area contributed by atoms with Crippen molar-refractivity contribution in [3.63, 3.8) is 0 Å². The highest BCUT2D eigenvalue weighted by molar-refractivity contribution is 9.10. The topological polar surface area (TPSA) is 94.8 Å². The van der Waals surface area contributed by atoms with Gasteiger partial charge in [-0.1, -0.05) is 40.2 Å². The average molecular weight is 589 g/mol. The number of halogens is 1. The molecule has 8 nitrogen and oxygen atoms in total. The number of fused-ring (bicyclic) bond motifs is 1. The standard InChI is InChI=1S/C30H29BrN4O4/c1-5-9-22-14-21(17-32-35-20(4)33-26-13-12-23(31)16-24(26)30(35)37)15-27(38-6-2)29(22)39-18-28(36)34-25-11-8-7-10-19(25)3/h5,7-8,10-17H,1,6,9,18H2,2-4H3,(H,34,36). The monoisotopic (exact) mass is 588 g/mol. The van der Waals surface area contributed by atoms with E-state index >= 15 is 0 Å². The Balaban J connectivity index is 1.64. The number of hydrogen-bond acceptors (Lipinski definition) is 6. The third kappa shape index (κ3) is 6.61. The van der Waals surface area contributed by atoms with Gasteiger partial charge in [-0.25, -0.2) is 4.98 Å². The fraction of sp³-hybridized carbons (Fsp3) is 0.200. The van der Waals surface area contributed by atoms with E-state index < -0.39 is 0 Å². The minimum absolute atomic E-state index is 0.196. The summed E-state index contributed by atoms with van der Waals surface area (Å²) in [6.45, 7) is 9.57. The molecule has 0 aliphatic carbocycles. The van der Waals surface area contributed by atoms with Gasteiger partial charge in [-0.3, -0.25) is 9.59 Å². The molecule has 0 aliphatic heterocycles. The van der Waals surface area contributed by atoms with E-state index in [0.29, 0.717) is 46.8 Å². The van der Waals surface area contributed by atoms with Crippen molar-refractivity contribution >= 4 is 44.6 Å². The lowest BCUT2D eigenvalue weighted by Crippen LogP contribution is -2.21. The lowest BCUT2D eigenvalue weighted by Gasteiger charge is -2.17. The summed E-state index contributed by atoms with van der Waals surface area (Å²) in [4.78, 5) is 30.2. The Labute approximate surface area is 235 Å². The molecule has 9 heteroatoms. The summed E-state index contributed by atoms with van der Waals surface area (Å²) >= 11 is 3.41. The number of ether oxygens (including phenoxy) is 2.